The van der Waals surface area contributed by atoms with Crippen molar-refractivity contribution in [3.63, 3.8) is 0 Å². The minimum absolute atomic E-state index is 0.0735. The summed E-state index contributed by atoms with van der Waals surface area (Å²) in [6, 6.07) is 19.7. The predicted molar refractivity (Wildman–Crippen MR) is 109 cm³/mol. The van der Waals surface area contributed by atoms with Gasteiger partial charge in [0.1, 0.15) is 5.75 Å². The average Bonchev–Trinajstić information content (AvgIpc) is 2.69. The molecule has 5 nitrogen and oxygen atoms in total. The van der Waals surface area contributed by atoms with Gasteiger partial charge in [-0.1, -0.05) is 42.5 Å². The number of para-hydroxylation sites is 1. The summed E-state index contributed by atoms with van der Waals surface area (Å²) in [7, 11) is 0. The lowest BCUT2D eigenvalue weighted by Crippen LogP contribution is -2.15. The van der Waals surface area contributed by atoms with Crippen molar-refractivity contribution in [1.29, 1.82) is 0 Å². The van der Waals surface area contributed by atoms with E-state index < -0.39 is 5.97 Å². The molecule has 0 unspecified atom stereocenters. The molecule has 0 atom stereocenters. The van der Waals surface area contributed by atoms with Crippen LogP contribution in [0.1, 0.15) is 27.9 Å². The molecule has 5 heteroatoms. The zero-order valence-electron chi connectivity index (χ0n) is 15.5. The third-order valence-electron chi connectivity index (χ3n) is 4.56. The van der Waals surface area contributed by atoms with Crippen LogP contribution in [0.4, 0.5) is 5.69 Å². The summed E-state index contributed by atoms with van der Waals surface area (Å²) in [5, 5.41) is 21.5. The van der Waals surface area contributed by atoms with Crippen LogP contribution in [0.3, 0.4) is 0 Å². The number of aromatic carboxylic acids is 1. The van der Waals surface area contributed by atoms with Crippen LogP contribution in [-0.4, -0.2) is 22.1 Å². The quantitative estimate of drug-likeness (QED) is 0.586. The van der Waals surface area contributed by atoms with Crippen LogP contribution in [0.2, 0.25) is 0 Å². The molecule has 3 N–H and O–H groups in total. The number of aryl methyl sites for hydroxylation is 2. The van der Waals surface area contributed by atoms with Gasteiger partial charge in [-0.25, -0.2) is 4.79 Å². The Balaban J connectivity index is 1.61. The van der Waals surface area contributed by atoms with E-state index in [9.17, 15) is 19.8 Å². The molecule has 0 spiro atoms. The van der Waals surface area contributed by atoms with E-state index in [4.69, 9.17) is 0 Å². The van der Waals surface area contributed by atoms with E-state index in [1.807, 2.05) is 43.3 Å². The maximum Gasteiger partial charge on any atom is 0.337 e. The third kappa shape index (κ3) is 4.57. The average molecular weight is 375 g/mol. The summed E-state index contributed by atoms with van der Waals surface area (Å²) in [5.41, 5.74) is 4.26. The van der Waals surface area contributed by atoms with E-state index in [0.717, 1.165) is 22.3 Å². The van der Waals surface area contributed by atoms with Crippen molar-refractivity contribution in [2.45, 2.75) is 19.8 Å². The number of carbonyl (C=O) groups is 2. The number of nitrogens with one attached hydrogen (secondary N) is 1. The second-order valence-electron chi connectivity index (χ2n) is 6.60. The summed E-state index contributed by atoms with van der Waals surface area (Å²) in [5.74, 6) is -1.03. The minimum atomic E-state index is -1.07. The zero-order chi connectivity index (χ0) is 20.1. The number of hydrogen-bond donors (Lipinski definition) is 3. The zero-order valence-corrected chi connectivity index (χ0v) is 15.5. The number of phenols is 1. The van der Waals surface area contributed by atoms with E-state index >= 15 is 0 Å². The molecule has 0 aliphatic rings. The van der Waals surface area contributed by atoms with Gasteiger partial charge in [-0.05, 0) is 59.9 Å². The highest BCUT2D eigenvalue weighted by molar-refractivity contribution is 6.00. The molecule has 1 amide bonds. The number of hydrogen-bond acceptors (Lipinski definition) is 3. The standard InChI is InChI=1S/C23H21NO4/c1-15-14-18(11-12-21(15)25)17-9-6-16(7-10-17)8-13-22(26)24-20-5-3-2-4-19(20)23(27)28/h2-7,9-12,14,25H,8,13H2,1H3,(H,24,26)(H,27,28). The van der Waals surface area contributed by atoms with Gasteiger partial charge < -0.3 is 15.5 Å². The second-order valence-corrected chi connectivity index (χ2v) is 6.60. The molecule has 3 aromatic carbocycles. The molecule has 0 aliphatic carbocycles. The van der Waals surface area contributed by atoms with Crippen molar-refractivity contribution < 1.29 is 19.8 Å². The van der Waals surface area contributed by atoms with Gasteiger partial charge in [-0.15, -0.1) is 0 Å². The van der Waals surface area contributed by atoms with Crippen LogP contribution in [0.15, 0.2) is 66.7 Å². The number of benzene rings is 3. The first-order chi connectivity index (χ1) is 13.4. The van der Waals surface area contributed by atoms with Crippen LogP contribution in [0.5, 0.6) is 5.75 Å². The molecule has 3 aromatic rings. The SMILES string of the molecule is Cc1cc(-c2ccc(CCC(=O)Nc3ccccc3C(=O)O)cc2)ccc1O. The molecule has 0 aliphatic heterocycles. The topological polar surface area (TPSA) is 86.6 Å². The Morgan fingerprint density at radius 2 is 1.61 bits per heavy atom. The van der Waals surface area contributed by atoms with Crippen molar-refractivity contribution in [2.75, 3.05) is 5.32 Å². The smallest absolute Gasteiger partial charge is 0.337 e. The fraction of sp³-hybridized carbons (Fsp3) is 0.130. The maximum absolute atomic E-state index is 12.2. The van der Waals surface area contributed by atoms with E-state index in [2.05, 4.69) is 5.32 Å². The van der Waals surface area contributed by atoms with E-state index in [-0.39, 0.29) is 23.6 Å². The fourth-order valence-corrected chi connectivity index (χ4v) is 2.95. The van der Waals surface area contributed by atoms with Crippen LogP contribution in [-0.2, 0) is 11.2 Å². The lowest BCUT2D eigenvalue weighted by atomic mass is 10.0. The number of carboxylic acids is 1. The van der Waals surface area contributed by atoms with Gasteiger partial charge in [0.15, 0.2) is 0 Å². The van der Waals surface area contributed by atoms with Gasteiger partial charge >= 0.3 is 5.97 Å². The lowest BCUT2D eigenvalue weighted by Gasteiger charge is -2.09. The van der Waals surface area contributed by atoms with Crippen molar-refractivity contribution in [1.82, 2.24) is 0 Å². The Labute approximate surface area is 163 Å². The maximum atomic E-state index is 12.2. The number of carbonyl (C=O) groups excluding carboxylic acids is 1. The first kappa shape index (κ1) is 19.2. The van der Waals surface area contributed by atoms with Crippen molar-refractivity contribution >= 4 is 17.6 Å². The molecular formula is C23H21NO4. The van der Waals surface area contributed by atoms with Gasteiger partial charge in [-0.2, -0.15) is 0 Å². The number of amides is 1. The van der Waals surface area contributed by atoms with Crippen molar-refractivity contribution in [3.8, 4) is 16.9 Å². The van der Waals surface area contributed by atoms with Crippen LogP contribution < -0.4 is 5.32 Å². The highest BCUT2D eigenvalue weighted by Gasteiger charge is 2.11. The van der Waals surface area contributed by atoms with Gasteiger partial charge in [0.25, 0.3) is 0 Å². The minimum Gasteiger partial charge on any atom is -0.508 e. The number of carboxylic acid groups (broad SMARTS) is 1. The molecule has 0 radical (unpaired) electrons. The van der Waals surface area contributed by atoms with Crippen molar-refractivity contribution in [2.24, 2.45) is 0 Å². The molecule has 0 heterocycles. The summed E-state index contributed by atoms with van der Waals surface area (Å²) >= 11 is 0. The summed E-state index contributed by atoms with van der Waals surface area (Å²) in [6.07, 6.45) is 0.807. The Kier molecular flexibility index (Phi) is 5.75. The van der Waals surface area contributed by atoms with Gasteiger partial charge in [-0.3, -0.25) is 4.79 Å². The Hall–Kier alpha value is -3.60. The Bertz CT molecular complexity index is 1010. The summed E-state index contributed by atoms with van der Waals surface area (Å²) in [4.78, 5) is 23.4. The van der Waals surface area contributed by atoms with Gasteiger partial charge in [0.05, 0.1) is 11.3 Å². The second kappa shape index (κ2) is 8.39. The molecule has 28 heavy (non-hydrogen) atoms. The van der Waals surface area contributed by atoms with Crippen LogP contribution in [0, 0.1) is 6.92 Å². The fourth-order valence-electron chi connectivity index (χ4n) is 2.95. The Morgan fingerprint density at radius 3 is 2.29 bits per heavy atom. The number of phenolic OH excluding ortho intramolecular Hbond substituents is 1. The molecule has 0 saturated heterocycles. The first-order valence-corrected chi connectivity index (χ1v) is 8.95. The summed E-state index contributed by atoms with van der Waals surface area (Å²) < 4.78 is 0. The third-order valence-corrected chi connectivity index (χ3v) is 4.56. The monoisotopic (exact) mass is 375 g/mol. The largest absolute Gasteiger partial charge is 0.508 e. The molecule has 142 valence electrons. The highest BCUT2D eigenvalue weighted by Crippen LogP contribution is 2.25. The molecule has 0 fully saturated rings. The van der Waals surface area contributed by atoms with Gasteiger partial charge in [0, 0.05) is 6.42 Å². The predicted octanol–water partition coefficient (Wildman–Crippen LogP) is 4.64. The molecule has 0 saturated carbocycles. The van der Waals surface area contributed by atoms with Gasteiger partial charge in [0.2, 0.25) is 5.91 Å². The van der Waals surface area contributed by atoms with E-state index in [0.29, 0.717) is 12.1 Å². The molecular weight excluding hydrogens is 354 g/mol. The first-order valence-electron chi connectivity index (χ1n) is 8.95. The van der Waals surface area contributed by atoms with Crippen molar-refractivity contribution in [3.05, 3.63) is 83.4 Å². The van der Waals surface area contributed by atoms with E-state index in [1.54, 1.807) is 24.3 Å². The van der Waals surface area contributed by atoms with Crippen LogP contribution in [0.25, 0.3) is 11.1 Å². The Morgan fingerprint density at radius 1 is 0.929 bits per heavy atom. The van der Waals surface area contributed by atoms with Crippen LogP contribution >= 0.6 is 0 Å². The number of anilines is 1. The molecule has 0 aromatic heterocycles. The summed E-state index contributed by atoms with van der Waals surface area (Å²) in [6.45, 7) is 1.86. The number of rotatable bonds is 6. The highest BCUT2D eigenvalue weighted by atomic mass is 16.4. The van der Waals surface area contributed by atoms with E-state index in [1.165, 1.54) is 6.07 Å². The lowest BCUT2D eigenvalue weighted by molar-refractivity contribution is -0.116. The normalized spacial score (nSPS) is 10.5. The molecule has 0 bridgehead atoms. The molecule has 3 rings (SSSR count). The number of aromatic hydroxyl groups is 1.